The summed E-state index contributed by atoms with van der Waals surface area (Å²) >= 11 is 0. The van der Waals surface area contributed by atoms with Gasteiger partial charge < -0.3 is 4.74 Å². The van der Waals surface area contributed by atoms with Crippen molar-refractivity contribution in [3.05, 3.63) is 0 Å². The summed E-state index contributed by atoms with van der Waals surface area (Å²) in [6.45, 7) is 1.42. The third-order valence-corrected chi connectivity index (χ3v) is 2.87. The van der Waals surface area contributed by atoms with Crippen molar-refractivity contribution < 1.29 is 14.3 Å². The summed E-state index contributed by atoms with van der Waals surface area (Å²) in [5.74, 6) is 0.661. The van der Waals surface area contributed by atoms with Crippen molar-refractivity contribution in [2.45, 2.75) is 32.3 Å². The maximum Gasteiger partial charge on any atom is 0.302 e. The number of rotatable bonds is 1. The fraction of sp³-hybridized carbons (Fsp3) is 0.778. The summed E-state index contributed by atoms with van der Waals surface area (Å²) in [5, 5.41) is 0. The first-order valence-electron chi connectivity index (χ1n) is 4.36. The monoisotopic (exact) mass is 168 g/mol. The number of fused-ring (bicyclic) bond motifs is 2. The number of ketones is 1. The summed E-state index contributed by atoms with van der Waals surface area (Å²) in [6, 6.07) is 0. The molecule has 0 heterocycles. The molecule has 0 unspecified atom stereocenters. The highest BCUT2D eigenvalue weighted by atomic mass is 16.5. The number of Topliss-reactive ketones (excluding diaryl/α,β-unsaturated/α-hetero) is 1. The van der Waals surface area contributed by atoms with Gasteiger partial charge in [0.15, 0.2) is 0 Å². The lowest BCUT2D eigenvalue weighted by Crippen LogP contribution is -2.26. The van der Waals surface area contributed by atoms with Crippen LogP contribution in [0, 0.1) is 11.8 Å². The van der Waals surface area contributed by atoms with Crippen molar-refractivity contribution in [3.63, 3.8) is 0 Å². The van der Waals surface area contributed by atoms with E-state index in [0.717, 1.165) is 12.8 Å². The van der Waals surface area contributed by atoms with Gasteiger partial charge in [0, 0.05) is 25.2 Å². The Bertz CT molecular complexity index is 234. The molecule has 0 aromatic rings. The van der Waals surface area contributed by atoms with Crippen LogP contribution in [-0.4, -0.2) is 17.9 Å². The number of carbonyl (C=O) groups excluding carboxylic acids is 2. The van der Waals surface area contributed by atoms with Crippen LogP contribution in [0.4, 0.5) is 0 Å². The first-order valence-corrected chi connectivity index (χ1v) is 4.36. The van der Waals surface area contributed by atoms with E-state index in [4.69, 9.17) is 4.74 Å². The number of esters is 1. The minimum absolute atomic E-state index is 0.0326. The van der Waals surface area contributed by atoms with Crippen molar-refractivity contribution in [3.8, 4) is 0 Å². The second-order valence-electron chi connectivity index (χ2n) is 3.75. The summed E-state index contributed by atoms with van der Waals surface area (Å²) < 4.78 is 5.10. The average molecular weight is 168 g/mol. The molecule has 2 aliphatic rings. The maximum atomic E-state index is 11.1. The third kappa shape index (κ3) is 1.13. The molecule has 0 amide bonds. The van der Waals surface area contributed by atoms with Crippen LogP contribution in [0.1, 0.15) is 26.2 Å². The fourth-order valence-corrected chi connectivity index (χ4v) is 2.35. The zero-order valence-electron chi connectivity index (χ0n) is 7.08. The molecule has 0 aromatic heterocycles. The van der Waals surface area contributed by atoms with Gasteiger partial charge in [-0.1, -0.05) is 0 Å². The minimum Gasteiger partial charge on any atom is -0.462 e. The van der Waals surface area contributed by atoms with E-state index in [1.54, 1.807) is 0 Å². The molecule has 12 heavy (non-hydrogen) atoms. The highest BCUT2D eigenvalue weighted by Crippen LogP contribution is 2.43. The largest absolute Gasteiger partial charge is 0.462 e. The number of ether oxygens (including phenoxy) is 1. The minimum atomic E-state index is -0.222. The molecular weight excluding hydrogens is 156 g/mol. The van der Waals surface area contributed by atoms with Gasteiger partial charge >= 0.3 is 5.97 Å². The molecule has 0 saturated heterocycles. The van der Waals surface area contributed by atoms with Gasteiger partial charge in [0.05, 0.1) is 0 Å². The molecule has 2 bridgehead atoms. The van der Waals surface area contributed by atoms with Gasteiger partial charge in [-0.15, -0.1) is 0 Å². The second-order valence-corrected chi connectivity index (χ2v) is 3.75. The predicted molar refractivity (Wildman–Crippen MR) is 41.4 cm³/mol. The Morgan fingerprint density at radius 2 is 2.25 bits per heavy atom. The summed E-state index contributed by atoms with van der Waals surface area (Å²) in [7, 11) is 0. The van der Waals surface area contributed by atoms with Crippen LogP contribution >= 0.6 is 0 Å². The number of hydrogen-bond donors (Lipinski definition) is 0. The van der Waals surface area contributed by atoms with Crippen molar-refractivity contribution in [2.24, 2.45) is 11.8 Å². The Hall–Kier alpha value is -0.860. The second kappa shape index (κ2) is 2.57. The molecule has 3 heteroatoms. The number of hydrogen-bond acceptors (Lipinski definition) is 3. The van der Waals surface area contributed by atoms with Crippen LogP contribution in [0.25, 0.3) is 0 Å². The highest BCUT2D eigenvalue weighted by Gasteiger charge is 2.46. The molecule has 0 aliphatic heterocycles. The van der Waals surface area contributed by atoms with Gasteiger partial charge in [-0.05, 0) is 12.8 Å². The average Bonchev–Trinajstić information content (AvgIpc) is 2.44. The molecule has 2 saturated carbocycles. The van der Waals surface area contributed by atoms with E-state index in [9.17, 15) is 9.59 Å². The molecule has 66 valence electrons. The lowest BCUT2D eigenvalue weighted by molar-refractivity contribution is -0.150. The van der Waals surface area contributed by atoms with E-state index in [1.165, 1.54) is 6.92 Å². The third-order valence-electron chi connectivity index (χ3n) is 2.87. The van der Waals surface area contributed by atoms with Crippen LogP contribution in [-0.2, 0) is 14.3 Å². The predicted octanol–water partition coefficient (Wildman–Crippen LogP) is 0.917. The van der Waals surface area contributed by atoms with Crippen molar-refractivity contribution in [1.82, 2.24) is 0 Å². The smallest absolute Gasteiger partial charge is 0.302 e. The van der Waals surface area contributed by atoms with Gasteiger partial charge in [-0.3, -0.25) is 9.59 Å². The molecule has 3 nitrogen and oxygen atoms in total. The maximum absolute atomic E-state index is 11.1. The van der Waals surface area contributed by atoms with Crippen LogP contribution < -0.4 is 0 Å². The van der Waals surface area contributed by atoms with Crippen LogP contribution in [0.15, 0.2) is 0 Å². The van der Waals surface area contributed by atoms with Gasteiger partial charge in [-0.25, -0.2) is 0 Å². The van der Waals surface area contributed by atoms with Gasteiger partial charge in [0.1, 0.15) is 11.9 Å². The molecule has 0 N–H and O–H groups in total. The van der Waals surface area contributed by atoms with E-state index in [1.807, 2.05) is 0 Å². The molecule has 0 radical (unpaired) electrons. The molecule has 2 rings (SSSR count). The Labute approximate surface area is 71.1 Å². The Balaban J connectivity index is 1.98. The topological polar surface area (TPSA) is 43.4 Å². The zero-order valence-corrected chi connectivity index (χ0v) is 7.08. The highest BCUT2D eigenvalue weighted by molar-refractivity contribution is 5.84. The van der Waals surface area contributed by atoms with Crippen LogP contribution in [0.3, 0.4) is 0 Å². The van der Waals surface area contributed by atoms with Crippen LogP contribution in [0.2, 0.25) is 0 Å². The first-order chi connectivity index (χ1) is 5.66. The Morgan fingerprint density at radius 1 is 1.50 bits per heavy atom. The fourth-order valence-electron chi connectivity index (χ4n) is 2.35. The zero-order chi connectivity index (χ0) is 8.72. The summed E-state index contributed by atoms with van der Waals surface area (Å²) in [5.41, 5.74) is 0. The summed E-state index contributed by atoms with van der Waals surface area (Å²) in [4.78, 5) is 21.8. The standard InChI is InChI=1S/C9H12O3/c1-5(10)12-9-4-6-2-7(9)3-8(6)11/h6-7,9H,2-4H2,1H3/t6-,7-,9+/m0/s1. The SMILES string of the molecule is CC(=O)O[C@@H]1C[C@@H]2C[C@H]1CC2=O. The van der Waals surface area contributed by atoms with E-state index in [2.05, 4.69) is 0 Å². The first kappa shape index (κ1) is 7.77. The molecule has 2 fully saturated rings. The van der Waals surface area contributed by atoms with E-state index in [-0.39, 0.29) is 18.0 Å². The van der Waals surface area contributed by atoms with Crippen LogP contribution in [0.5, 0.6) is 0 Å². The number of carbonyl (C=O) groups is 2. The Morgan fingerprint density at radius 3 is 2.67 bits per heavy atom. The van der Waals surface area contributed by atoms with Gasteiger partial charge in [0.2, 0.25) is 0 Å². The molecule has 2 aliphatic carbocycles. The van der Waals surface area contributed by atoms with E-state index >= 15 is 0 Å². The molecule has 0 aromatic carbocycles. The van der Waals surface area contributed by atoms with Crippen molar-refractivity contribution in [1.29, 1.82) is 0 Å². The van der Waals surface area contributed by atoms with E-state index < -0.39 is 0 Å². The lowest BCUT2D eigenvalue weighted by Gasteiger charge is -2.20. The Kier molecular flexibility index (Phi) is 1.67. The molecule has 0 spiro atoms. The van der Waals surface area contributed by atoms with Crippen molar-refractivity contribution >= 4 is 11.8 Å². The van der Waals surface area contributed by atoms with Crippen molar-refractivity contribution in [2.75, 3.05) is 0 Å². The van der Waals surface area contributed by atoms with E-state index in [0.29, 0.717) is 18.1 Å². The normalized spacial score (nSPS) is 38.8. The lowest BCUT2D eigenvalue weighted by atomic mass is 9.96. The summed E-state index contributed by atoms with van der Waals surface area (Å²) in [6.07, 6.45) is 2.37. The molecule has 3 atom stereocenters. The van der Waals surface area contributed by atoms with Gasteiger partial charge in [-0.2, -0.15) is 0 Å². The quantitative estimate of drug-likeness (QED) is 0.547. The van der Waals surface area contributed by atoms with Gasteiger partial charge in [0.25, 0.3) is 0 Å². The molecular formula is C9H12O3.